The van der Waals surface area contributed by atoms with Crippen LogP contribution in [-0.2, 0) is 11.2 Å². The Bertz CT molecular complexity index is 376. The van der Waals surface area contributed by atoms with Gasteiger partial charge in [0.1, 0.15) is 11.6 Å². The summed E-state index contributed by atoms with van der Waals surface area (Å²) in [4.78, 5) is 10.3. The second-order valence-electron chi connectivity index (χ2n) is 3.90. The molecule has 0 bridgehead atoms. The van der Waals surface area contributed by atoms with Crippen molar-refractivity contribution in [2.75, 3.05) is 6.54 Å². The summed E-state index contributed by atoms with van der Waals surface area (Å²) in [7, 11) is 0. The van der Waals surface area contributed by atoms with E-state index in [9.17, 15) is 13.6 Å². The van der Waals surface area contributed by atoms with Gasteiger partial charge in [-0.25, -0.2) is 8.78 Å². The molecule has 1 atom stereocenters. The van der Waals surface area contributed by atoms with Crippen molar-refractivity contribution in [1.29, 1.82) is 0 Å². The molecule has 1 unspecified atom stereocenters. The molecule has 2 N–H and O–H groups in total. The molecule has 0 radical (unpaired) electrons. The van der Waals surface area contributed by atoms with Gasteiger partial charge < -0.3 is 10.4 Å². The van der Waals surface area contributed by atoms with Gasteiger partial charge in [-0.05, 0) is 25.5 Å². The number of nitrogens with one attached hydrogen (secondary N) is 1. The van der Waals surface area contributed by atoms with Crippen LogP contribution in [-0.4, -0.2) is 23.7 Å². The van der Waals surface area contributed by atoms with Crippen LogP contribution in [0.5, 0.6) is 0 Å². The molecular weight excluding hydrogens is 228 g/mol. The van der Waals surface area contributed by atoms with Crippen molar-refractivity contribution in [1.82, 2.24) is 5.32 Å². The van der Waals surface area contributed by atoms with E-state index in [4.69, 9.17) is 5.11 Å². The van der Waals surface area contributed by atoms with E-state index >= 15 is 0 Å². The van der Waals surface area contributed by atoms with E-state index in [-0.39, 0.29) is 31.0 Å². The molecule has 17 heavy (non-hydrogen) atoms. The van der Waals surface area contributed by atoms with Crippen LogP contribution in [0, 0.1) is 11.6 Å². The maximum atomic E-state index is 13.3. The quantitative estimate of drug-likeness (QED) is 0.803. The molecule has 0 aliphatic rings. The van der Waals surface area contributed by atoms with E-state index in [1.54, 1.807) is 6.92 Å². The molecule has 5 heteroatoms. The largest absolute Gasteiger partial charge is 0.481 e. The summed E-state index contributed by atoms with van der Waals surface area (Å²) in [5.41, 5.74) is 0.0304. The number of halogens is 2. The summed E-state index contributed by atoms with van der Waals surface area (Å²) in [5, 5.41) is 11.3. The third-order valence-electron chi connectivity index (χ3n) is 2.40. The predicted octanol–water partition coefficient (Wildman–Crippen LogP) is 1.96. The smallest absolute Gasteiger partial charge is 0.304 e. The number of hydrogen-bond acceptors (Lipinski definition) is 2. The zero-order valence-electron chi connectivity index (χ0n) is 9.54. The van der Waals surface area contributed by atoms with E-state index in [2.05, 4.69) is 5.32 Å². The topological polar surface area (TPSA) is 49.3 Å². The first-order valence-electron chi connectivity index (χ1n) is 5.38. The second-order valence-corrected chi connectivity index (χ2v) is 3.90. The molecule has 0 saturated heterocycles. The molecule has 0 aromatic heterocycles. The Labute approximate surface area is 98.5 Å². The molecule has 0 amide bonds. The molecule has 3 nitrogen and oxygen atoms in total. The van der Waals surface area contributed by atoms with E-state index in [0.717, 1.165) is 0 Å². The minimum absolute atomic E-state index is 0.00983. The lowest BCUT2D eigenvalue weighted by atomic mass is 10.1. The Hall–Kier alpha value is -1.49. The first kappa shape index (κ1) is 13.6. The standard InChI is InChI=1S/C12H15F2NO2/c1-8(15-6-5-12(16)17)7-9-10(13)3-2-4-11(9)14/h2-4,8,15H,5-7H2,1H3,(H,16,17). The Morgan fingerprint density at radius 1 is 1.41 bits per heavy atom. The van der Waals surface area contributed by atoms with Crippen LogP contribution < -0.4 is 5.32 Å². The summed E-state index contributed by atoms with van der Waals surface area (Å²) in [6, 6.07) is 3.56. The van der Waals surface area contributed by atoms with E-state index in [1.807, 2.05) is 0 Å². The van der Waals surface area contributed by atoms with Crippen LogP contribution >= 0.6 is 0 Å². The van der Waals surface area contributed by atoms with Gasteiger partial charge in [-0.2, -0.15) is 0 Å². The molecule has 0 aliphatic carbocycles. The van der Waals surface area contributed by atoms with E-state index in [1.165, 1.54) is 18.2 Å². The molecule has 94 valence electrons. The van der Waals surface area contributed by atoms with Gasteiger partial charge in [-0.15, -0.1) is 0 Å². The van der Waals surface area contributed by atoms with Gasteiger partial charge in [0.15, 0.2) is 0 Å². The summed E-state index contributed by atoms with van der Waals surface area (Å²) in [5.74, 6) is -2.05. The summed E-state index contributed by atoms with van der Waals surface area (Å²) < 4.78 is 26.6. The fourth-order valence-electron chi connectivity index (χ4n) is 1.53. The highest BCUT2D eigenvalue weighted by Gasteiger charge is 2.12. The van der Waals surface area contributed by atoms with Crippen LogP contribution in [0.4, 0.5) is 8.78 Å². The maximum Gasteiger partial charge on any atom is 0.304 e. The molecule has 1 aromatic carbocycles. The van der Waals surface area contributed by atoms with Gasteiger partial charge in [0.25, 0.3) is 0 Å². The van der Waals surface area contributed by atoms with Crippen molar-refractivity contribution in [3.8, 4) is 0 Å². The highest BCUT2D eigenvalue weighted by atomic mass is 19.1. The maximum absolute atomic E-state index is 13.3. The minimum Gasteiger partial charge on any atom is -0.481 e. The Morgan fingerprint density at radius 3 is 2.53 bits per heavy atom. The fraction of sp³-hybridized carbons (Fsp3) is 0.417. The number of carboxylic acids is 1. The average molecular weight is 243 g/mol. The van der Waals surface area contributed by atoms with Gasteiger partial charge >= 0.3 is 5.97 Å². The summed E-state index contributed by atoms with van der Waals surface area (Å²) in [6.45, 7) is 2.04. The molecule has 0 aliphatic heterocycles. The fourth-order valence-corrected chi connectivity index (χ4v) is 1.53. The predicted molar refractivity (Wildman–Crippen MR) is 59.8 cm³/mol. The van der Waals surface area contributed by atoms with Crippen molar-refractivity contribution in [3.05, 3.63) is 35.4 Å². The van der Waals surface area contributed by atoms with Crippen molar-refractivity contribution in [3.63, 3.8) is 0 Å². The number of rotatable bonds is 6. The Morgan fingerprint density at radius 2 is 2.00 bits per heavy atom. The summed E-state index contributed by atoms with van der Waals surface area (Å²) >= 11 is 0. The molecule has 0 saturated carbocycles. The van der Waals surface area contributed by atoms with Gasteiger partial charge in [0.2, 0.25) is 0 Å². The third-order valence-corrected chi connectivity index (χ3v) is 2.40. The number of benzene rings is 1. The third kappa shape index (κ3) is 4.48. The minimum atomic E-state index is -0.901. The van der Waals surface area contributed by atoms with E-state index in [0.29, 0.717) is 0 Å². The molecule has 0 spiro atoms. The Balaban J connectivity index is 2.50. The van der Waals surface area contributed by atoms with Crippen LogP contribution in [0.15, 0.2) is 18.2 Å². The SMILES string of the molecule is CC(Cc1c(F)cccc1F)NCCC(=O)O. The first-order valence-corrected chi connectivity index (χ1v) is 5.38. The van der Waals surface area contributed by atoms with Gasteiger partial charge in [-0.3, -0.25) is 4.79 Å². The number of aliphatic carboxylic acids is 1. The number of carboxylic acid groups (broad SMARTS) is 1. The van der Waals surface area contributed by atoms with Crippen LogP contribution in [0.1, 0.15) is 18.9 Å². The highest BCUT2D eigenvalue weighted by molar-refractivity contribution is 5.66. The lowest BCUT2D eigenvalue weighted by Gasteiger charge is -2.14. The van der Waals surface area contributed by atoms with E-state index < -0.39 is 17.6 Å². The van der Waals surface area contributed by atoms with Gasteiger partial charge in [0, 0.05) is 18.2 Å². The Kier molecular flexibility index (Phi) is 5.03. The molecule has 0 heterocycles. The van der Waals surface area contributed by atoms with Crippen LogP contribution in [0.3, 0.4) is 0 Å². The lowest BCUT2D eigenvalue weighted by Crippen LogP contribution is -2.30. The number of hydrogen-bond donors (Lipinski definition) is 2. The van der Waals surface area contributed by atoms with Crippen molar-refractivity contribution in [2.24, 2.45) is 0 Å². The molecule has 0 fully saturated rings. The van der Waals surface area contributed by atoms with Crippen molar-refractivity contribution < 1.29 is 18.7 Å². The highest BCUT2D eigenvalue weighted by Crippen LogP contribution is 2.13. The summed E-state index contributed by atoms with van der Waals surface area (Å²) in [6.07, 6.45) is 0.183. The van der Waals surface area contributed by atoms with Gasteiger partial charge in [0.05, 0.1) is 6.42 Å². The van der Waals surface area contributed by atoms with Crippen molar-refractivity contribution >= 4 is 5.97 Å². The molecule has 1 aromatic rings. The monoisotopic (exact) mass is 243 g/mol. The normalized spacial score (nSPS) is 12.4. The van der Waals surface area contributed by atoms with Crippen molar-refractivity contribution in [2.45, 2.75) is 25.8 Å². The number of carbonyl (C=O) groups is 1. The molecule has 1 rings (SSSR count). The van der Waals surface area contributed by atoms with Crippen LogP contribution in [0.25, 0.3) is 0 Å². The molecular formula is C12H15F2NO2. The van der Waals surface area contributed by atoms with Gasteiger partial charge in [-0.1, -0.05) is 6.07 Å². The average Bonchev–Trinajstić information content (AvgIpc) is 2.23. The van der Waals surface area contributed by atoms with Crippen LogP contribution in [0.2, 0.25) is 0 Å². The lowest BCUT2D eigenvalue weighted by molar-refractivity contribution is -0.136. The zero-order chi connectivity index (χ0) is 12.8. The zero-order valence-corrected chi connectivity index (χ0v) is 9.54. The second kappa shape index (κ2) is 6.30. The first-order chi connectivity index (χ1) is 8.00.